The maximum absolute atomic E-state index is 9.30. The fourth-order valence-corrected chi connectivity index (χ4v) is 2.99. The molecule has 0 aliphatic rings. The first kappa shape index (κ1) is 22.5. The van der Waals surface area contributed by atoms with Gasteiger partial charge in [-0.15, -0.1) is 35.3 Å². The van der Waals surface area contributed by atoms with Gasteiger partial charge >= 0.3 is 0 Å². The number of guanidine groups is 1. The summed E-state index contributed by atoms with van der Waals surface area (Å²) in [6.07, 6.45) is 1.96. The molecule has 0 atom stereocenters. The molecule has 0 spiro atoms. The van der Waals surface area contributed by atoms with Gasteiger partial charge in [-0.05, 0) is 37.5 Å². The van der Waals surface area contributed by atoms with Crippen molar-refractivity contribution in [2.75, 3.05) is 32.1 Å². The Morgan fingerprint density at radius 2 is 1.96 bits per heavy atom. The van der Waals surface area contributed by atoms with Crippen LogP contribution in [0.1, 0.15) is 24.6 Å². The average molecular weight is 489 g/mol. The molecule has 1 aromatic carbocycles. The lowest BCUT2D eigenvalue weighted by Gasteiger charge is -2.11. The van der Waals surface area contributed by atoms with Gasteiger partial charge in [-0.25, -0.2) is 9.98 Å². The molecule has 1 heterocycles. The highest BCUT2D eigenvalue weighted by atomic mass is 127. The Bertz CT molecular complexity index is 672. The van der Waals surface area contributed by atoms with Gasteiger partial charge in [0.05, 0.1) is 12.2 Å². The molecular weight excluding hydrogens is 461 g/mol. The first-order valence-electron chi connectivity index (χ1n) is 8.50. The van der Waals surface area contributed by atoms with Gasteiger partial charge in [0, 0.05) is 32.6 Å². The topological polar surface area (TPSA) is 72.8 Å². The summed E-state index contributed by atoms with van der Waals surface area (Å²) in [5.41, 5.74) is 2.20. The van der Waals surface area contributed by atoms with Crippen molar-refractivity contribution in [3.8, 4) is 5.75 Å². The Morgan fingerprint density at radius 1 is 1.23 bits per heavy atom. The number of hydrogen-bond acceptors (Lipinski definition) is 5. The molecule has 1 aromatic heterocycles. The van der Waals surface area contributed by atoms with Crippen LogP contribution in [-0.4, -0.2) is 43.2 Å². The lowest BCUT2D eigenvalue weighted by Crippen LogP contribution is -2.37. The monoisotopic (exact) mass is 489 g/mol. The largest absolute Gasteiger partial charge is 0.508 e. The highest BCUT2D eigenvalue weighted by Gasteiger charge is 2.04. The van der Waals surface area contributed by atoms with Crippen molar-refractivity contribution in [3.05, 3.63) is 40.9 Å². The normalized spacial score (nSPS) is 11.0. The van der Waals surface area contributed by atoms with Crippen molar-refractivity contribution in [2.45, 2.75) is 26.3 Å². The van der Waals surface area contributed by atoms with E-state index in [1.54, 1.807) is 23.5 Å². The van der Waals surface area contributed by atoms with E-state index >= 15 is 0 Å². The summed E-state index contributed by atoms with van der Waals surface area (Å²) in [4.78, 5) is 11.2. The zero-order valence-electron chi connectivity index (χ0n) is 15.5. The molecule has 0 saturated carbocycles. The van der Waals surface area contributed by atoms with E-state index in [9.17, 15) is 5.11 Å². The van der Waals surface area contributed by atoms with E-state index in [1.807, 2.05) is 36.5 Å². The number of aromatic hydroxyl groups is 1. The van der Waals surface area contributed by atoms with Gasteiger partial charge in [0.25, 0.3) is 0 Å². The first-order valence-corrected chi connectivity index (χ1v) is 9.38. The van der Waals surface area contributed by atoms with Gasteiger partial charge in [-0.1, -0.05) is 12.1 Å². The van der Waals surface area contributed by atoms with Gasteiger partial charge in [0.15, 0.2) is 11.1 Å². The van der Waals surface area contributed by atoms with E-state index in [4.69, 9.17) is 0 Å². The number of hydrogen-bond donors (Lipinski definition) is 3. The Labute approximate surface area is 176 Å². The number of aromatic nitrogens is 1. The number of aliphatic imine (C=N–C) groups is 1. The minimum atomic E-state index is 0. The molecule has 0 bridgehead atoms. The summed E-state index contributed by atoms with van der Waals surface area (Å²) in [6, 6.07) is 7.37. The van der Waals surface area contributed by atoms with Crippen LogP contribution in [0.5, 0.6) is 5.75 Å². The number of rotatable bonds is 8. The van der Waals surface area contributed by atoms with Crippen LogP contribution in [0.4, 0.5) is 5.13 Å². The molecule has 6 nitrogen and oxygen atoms in total. The van der Waals surface area contributed by atoms with Gasteiger partial charge in [-0.3, -0.25) is 0 Å². The number of nitrogens with zero attached hydrogens (tertiary/aromatic N) is 3. The third-order valence-corrected chi connectivity index (χ3v) is 4.59. The standard InChI is InChI=1S/C18H27N5OS.HI/c1-4-19-17(21-12-15-13-25-18(22-15)23(2)3)20-11-5-6-14-7-9-16(24)10-8-14;/h7-10,13,24H,4-6,11-12H2,1-3H3,(H2,19,20,21);1H. The summed E-state index contributed by atoms with van der Waals surface area (Å²) >= 11 is 1.63. The Hall–Kier alpha value is -1.55. The molecule has 0 saturated heterocycles. The number of nitrogens with one attached hydrogen (secondary N) is 2. The summed E-state index contributed by atoms with van der Waals surface area (Å²) in [5.74, 6) is 1.12. The van der Waals surface area contributed by atoms with Crippen LogP contribution >= 0.6 is 35.3 Å². The van der Waals surface area contributed by atoms with Crippen LogP contribution in [-0.2, 0) is 13.0 Å². The quantitative estimate of drug-likeness (QED) is 0.230. The van der Waals surface area contributed by atoms with Crippen molar-refractivity contribution < 1.29 is 5.11 Å². The number of halogens is 1. The molecule has 0 unspecified atom stereocenters. The van der Waals surface area contributed by atoms with Crippen LogP contribution in [0.15, 0.2) is 34.6 Å². The van der Waals surface area contributed by atoms with Crippen molar-refractivity contribution in [1.29, 1.82) is 0 Å². The molecule has 2 aromatic rings. The lowest BCUT2D eigenvalue weighted by atomic mass is 10.1. The van der Waals surface area contributed by atoms with Crippen LogP contribution < -0.4 is 15.5 Å². The fraction of sp³-hybridized carbons (Fsp3) is 0.444. The molecule has 0 amide bonds. The molecule has 0 aliphatic carbocycles. The first-order chi connectivity index (χ1) is 12.1. The minimum Gasteiger partial charge on any atom is -0.508 e. The molecule has 0 aliphatic heterocycles. The second-order valence-electron chi connectivity index (χ2n) is 5.91. The minimum absolute atomic E-state index is 0. The average Bonchev–Trinajstić information content (AvgIpc) is 3.07. The lowest BCUT2D eigenvalue weighted by molar-refractivity contribution is 0.475. The van der Waals surface area contributed by atoms with Crippen molar-refractivity contribution in [2.24, 2.45) is 4.99 Å². The highest BCUT2D eigenvalue weighted by molar-refractivity contribution is 14.0. The number of phenols is 1. The Balaban J connectivity index is 0.00000338. The van der Waals surface area contributed by atoms with E-state index in [0.717, 1.165) is 42.7 Å². The fourth-order valence-electron chi connectivity index (χ4n) is 2.24. The third-order valence-electron chi connectivity index (χ3n) is 3.54. The summed E-state index contributed by atoms with van der Waals surface area (Å²) in [5, 5.41) is 19.0. The van der Waals surface area contributed by atoms with Crippen LogP contribution in [0.2, 0.25) is 0 Å². The van der Waals surface area contributed by atoms with Crippen LogP contribution in [0.3, 0.4) is 0 Å². The molecule has 0 radical (unpaired) electrons. The van der Waals surface area contributed by atoms with E-state index in [1.165, 1.54) is 5.56 Å². The van der Waals surface area contributed by atoms with E-state index in [0.29, 0.717) is 12.3 Å². The number of aryl methyl sites for hydroxylation is 1. The molecule has 26 heavy (non-hydrogen) atoms. The van der Waals surface area contributed by atoms with Crippen molar-refractivity contribution in [3.63, 3.8) is 0 Å². The molecule has 3 N–H and O–H groups in total. The van der Waals surface area contributed by atoms with Crippen molar-refractivity contribution in [1.82, 2.24) is 15.6 Å². The second-order valence-corrected chi connectivity index (χ2v) is 6.74. The third kappa shape index (κ3) is 7.77. The second kappa shape index (κ2) is 11.9. The summed E-state index contributed by atoms with van der Waals surface area (Å²) < 4.78 is 0. The van der Waals surface area contributed by atoms with Gasteiger partial charge in [0.2, 0.25) is 0 Å². The number of thiazole rings is 1. The zero-order valence-corrected chi connectivity index (χ0v) is 18.7. The molecule has 0 fully saturated rings. The maximum atomic E-state index is 9.30. The predicted octanol–water partition coefficient (Wildman–Crippen LogP) is 3.22. The summed E-state index contributed by atoms with van der Waals surface area (Å²) in [7, 11) is 3.98. The SMILES string of the molecule is CCNC(=NCc1csc(N(C)C)n1)NCCCc1ccc(O)cc1.I. The van der Waals surface area contributed by atoms with Gasteiger partial charge in [-0.2, -0.15) is 0 Å². The highest BCUT2D eigenvalue weighted by Crippen LogP contribution is 2.18. The maximum Gasteiger partial charge on any atom is 0.191 e. The van der Waals surface area contributed by atoms with Crippen molar-refractivity contribution >= 4 is 46.4 Å². The van der Waals surface area contributed by atoms with Gasteiger partial charge in [0.1, 0.15) is 5.75 Å². The van der Waals surface area contributed by atoms with E-state index < -0.39 is 0 Å². The smallest absolute Gasteiger partial charge is 0.191 e. The van der Waals surface area contributed by atoms with Gasteiger partial charge < -0.3 is 20.6 Å². The van der Waals surface area contributed by atoms with E-state index in [2.05, 4.69) is 27.5 Å². The zero-order chi connectivity index (χ0) is 18.1. The predicted molar refractivity (Wildman–Crippen MR) is 121 cm³/mol. The Morgan fingerprint density at radius 3 is 2.58 bits per heavy atom. The van der Waals surface area contributed by atoms with E-state index in [-0.39, 0.29) is 24.0 Å². The number of benzene rings is 1. The molecular formula is C18H28IN5OS. The van der Waals surface area contributed by atoms with Crippen LogP contribution in [0, 0.1) is 0 Å². The summed E-state index contributed by atoms with van der Waals surface area (Å²) in [6.45, 7) is 4.29. The van der Waals surface area contributed by atoms with Crippen LogP contribution in [0.25, 0.3) is 0 Å². The number of anilines is 1. The number of phenolic OH excluding ortho intramolecular Hbond substituents is 1. The molecule has 8 heteroatoms. The molecule has 2 rings (SSSR count). The Kier molecular flexibility index (Phi) is 10.3. The molecule has 144 valence electrons.